The lowest BCUT2D eigenvalue weighted by molar-refractivity contribution is 0.0602. The minimum Gasteiger partial charge on any atom is -0.465 e. The summed E-state index contributed by atoms with van der Waals surface area (Å²) in [4.78, 5) is 11.9. The number of anilines is 1. The van der Waals surface area contributed by atoms with Crippen LogP contribution < -0.4 is 5.73 Å². The van der Waals surface area contributed by atoms with Gasteiger partial charge in [-0.05, 0) is 6.92 Å². The van der Waals surface area contributed by atoms with Crippen molar-refractivity contribution in [2.45, 2.75) is 6.92 Å². The monoisotopic (exact) mass is 207 g/mol. The number of methoxy groups -OCH3 is 1. The maximum Gasteiger partial charge on any atom is 0.341 e. The van der Waals surface area contributed by atoms with Gasteiger partial charge in [0.25, 0.3) is 0 Å². The number of nitrogen functional groups attached to an aromatic ring is 1. The highest BCUT2D eigenvalue weighted by Crippen LogP contribution is 2.23. The van der Waals surface area contributed by atoms with E-state index in [0.29, 0.717) is 11.3 Å². The van der Waals surface area contributed by atoms with Crippen molar-refractivity contribution >= 4 is 35.4 Å². The van der Waals surface area contributed by atoms with E-state index in [1.54, 1.807) is 5.38 Å². The summed E-state index contributed by atoms with van der Waals surface area (Å²) in [5.74, 6) is -0.360. The zero-order chi connectivity index (χ0) is 8.43. The molecular formula is C7H10ClNO2S. The smallest absolute Gasteiger partial charge is 0.341 e. The molecule has 12 heavy (non-hydrogen) atoms. The first-order valence-corrected chi connectivity index (χ1v) is 3.96. The third-order valence-electron chi connectivity index (χ3n) is 1.39. The molecule has 0 aromatic carbocycles. The Morgan fingerprint density at radius 1 is 1.67 bits per heavy atom. The van der Waals surface area contributed by atoms with Gasteiger partial charge in [-0.2, -0.15) is 0 Å². The van der Waals surface area contributed by atoms with Gasteiger partial charge in [0, 0.05) is 10.3 Å². The van der Waals surface area contributed by atoms with Gasteiger partial charge < -0.3 is 10.5 Å². The number of hydrogen-bond donors (Lipinski definition) is 1. The van der Waals surface area contributed by atoms with Crippen LogP contribution in [0.25, 0.3) is 0 Å². The van der Waals surface area contributed by atoms with Crippen LogP contribution in [0, 0.1) is 6.92 Å². The van der Waals surface area contributed by atoms with Crippen molar-refractivity contribution < 1.29 is 9.53 Å². The summed E-state index contributed by atoms with van der Waals surface area (Å²) in [6.07, 6.45) is 0. The van der Waals surface area contributed by atoms with Crippen molar-refractivity contribution in [2.75, 3.05) is 12.8 Å². The van der Waals surface area contributed by atoms with E-state index in [1.165, 1.54) is 18.4 Å². The van der Waals surface area contributed by atoms with Gasteiger partial charge in [-0.25, -0.2) is 4.79 Å². The van der Waals surface area contributed by atoms with Crippen LogP contribution in [0.3, 0.4) is 0 Å². The van der Waals surface area contributed by atoms with Crippen LogP contribution in [-0.2, 0) is 4.74 Å². The second kappa shape index (κ2) is 4.33. The fourth-order valence-corrected chi connectivity index (χ4v) is 1.58. The number of hydrogen-bond acceptors (Lipinski definition) is 4. The molecule has 3 nitrogen and oxygen atoms in total. The highest BCUT2D eigenvalue weighted by molar-refractivity contribution is 7.10. The predicted molar refractivity (Wildman–Crippen MR) is 52.1 cm³/mol. The molecular weight excluding hydrogens is 198 g/mol. The summed E-state index contributed by atoms with van der Waals surface area (Å²) < 4.78 is 4.54. The Hall–Kier alpha value is -0.740. The lowest BCUT2D eigenvalue weighted by Crippen LogP contribution is -2.04. The molecule has 0 spiro atoms. The first kappa shape index (κ1) is 11.3. The van der Waals surface area contributed by atoms with Crippen molar-refractivity contribution in [3.63, 3.8) is 0 Å². The van der Waals surface area contributed by atoms with Crippen molar-refractivity contribution in [2.24, 2.45) is 0 Å². The molecule has 1 aromatic heterocycles. The summed E-state index contributed by atoms with van der Waals surface area (Å²) in [6.45, 7) is 1.84. The molecule has 1 rings (SSSR count). The summed E-state index contributed by atoms with van der Waals surface area (Å²) in [6, 6.07) is 0. The van der Waals surface area contributed by atoms with Crippen LogP contribution in [0.4, 0.5) is 5.69 Å². The van der Waals surface area contributed by atoms with E-state index in [9.17, 15) is 4.79 Å². The Labute approximate surface area is 80.9 Å². The van der Waals surface area contributed by atoms with E-state index in [2.05, 4.69) is 4.74 Å². The van der Waals surface area contributed by atoms with Gasteiger partial charge in [-0.3, -0.25) is 0 Å². The zero-order valence-electron chi connectivity index (χ0n) is 6.79. The van der Waals surface area contributed by atoms with Crippen molar-refractivity contribution in [1.29, 1.82) is 0 Å². The number of halogens is 1. The Morgan fingerprint density at radius 3 is 2.58 bits per heavy atom. The van der Waals surface area contributed by atoms with Crippen molar-refractivity contribution in [3.05, 3.63) is 15.8 Å². The fraction of sp³-hybridized carbons (Fsp3) is 0.286. The molecule has 1 heterocycles. The first-order valence-electron chi connectivity index (χ1n) is 3.08. The molecule has 2 N–H and O–H groups in total. The zero-order valence-corrected chi connectivity index (χ0v) is 8.42. The molecule has 5 heteroatoms. The van der Waals surface area contributed by atoms with Crippen LogP contribution in [0.5, 0.6) is 0 Å². The molecule has 0 saturated heterocycles. The van der Waals surface area contributed by atoms with Gasteiger partial charge in [0.15, 0.2) is 0 Å². The molecule has 0 unspecified atom stereocenters. The van der Waals surface area contributed by atoms with Crippen LogP contribution in [0.15, 0.2) is 5.38 Å². The molecule has 0 fully saturated rings. The van der Waals surface area contributed by atoms with Gasteiger partial charge in [-0.1, -0.05) is 0 Å². The minimum absolute atomic E-state index is 0. The molecule has 0 aliphatic carbocycles. The normalized spacial score (nSPS) is 8.83. The number of rotatable bonds is 1. The first-order chi connectivity index (χ1) is 5.16. The summed E-state index contributed by atoms with van der Waals surface area (Å²) in [5.41, 5.74) is 6.52. The largest absolute Gasteiger partial charge is 0.465 e. The molecule has 0 atom stereocenters. The maximum atomic E-state index is 11.0. The number of thiophene rings is 1. The van der Waals surface area contributed by atoms with Crippen molar-refractivity contribution in [3.8, 4) is 0 Å². The lowest BCUT2D eigenvalue weighted by atomic mass is 10.2. The second-order valence-electron chi connectivity index (χ2n) is 2.11. The highest BCUT2D eigenvalue weighted by Gasteiger charge is 2.14. The standard InChI is InChI=1S/C7H9NO2S.ClH/c1-4-6(7(9)10-2)5(8)3-11-4;/h3H,8H2,1-2H3;1H. The van der Waals surface area contributed by atoms with E-state index in [4.69, 9.17) is 5.73 Å². The molecule has 0 aliphatic heterocycles. The van der Waals surface area contributed by atoms with E-state index in [1.807, 2.05) is 6.92 Å². The van der Waals surface area contributed by atoms with Gasteiger partial charge in [0.1, 0.15) is 0 Å². The number of aryl methyl sites for hydroxylation is 1. The van der Waals surface area contributed by atoms with E-state index in [0.717, 1.165) is 4.88 Å². The number of carbonyl (C=O) groups is 1. The third-order valence-corrected chi connectivity index (χ3v) is 2.32. The van der Waals surface area contributed by atoms with Crippen LogP contribution in [0.1, 0.15) is 15.2 Å². The molecule has 0 saturated carbocycles. The van der Waals surface area contributed by atoms with E-state index < -0.39 is 0 Å². The summed E-state index contributed by atoms with van der Waals surface area (Å²) in [5, 5.41) is 1.74. The summed E-state index contributed by atoms with van der Waals surface area (Å²) in [7, 11) is 1.35. The van der Waals surface area contributed by atoms with Crippen LogP contribution >= 0.6 is 23.7 Å². The topological polar surface area (TPSA) is 52.3 Å². The highest BCUT2D eigenvalue weighted by atomic mass is 35.5. The fourth-order valence-electron chi connectivity index (χ4n) is 0.837. The van der Waals surface area contributed by atoms with Gasteiger partial charge in [0.05, 0.1) is 18.4 Å². The minimum atomic E-state index is -0.360. The number of ether oxygens (including phenoxy) is 1. The molecule has 0 aliphatic rings. The second-order valence-corrected chi connectivity index (χ2v) is 3.20. The molecule has 68 valence electrons. The quantitative estimate of drug-likeness (QED) is 0.716. The van der Waals surface area contributed by atoms with Crippen molar-refractivity contribution in [1.82, 2.24) is 0 Å². The average molecular weight is 208 g/mol. The Morgan fingerprint density at radius 2 is 2.25 bits per heavy atom. The maximum absolute atomic E-state index is 11.0. The number of carbonyl (C=O) groups excluding carboxylic acids is 1. The number of esters is 1. The van der Waals surface area contributed by atoms with Gasteiger partial charge >= 0.3 is 5.97 Å². The predicted octanol–water partition coefficient (Wildman–Crippen LogP) is 1.85. The molecule has 0 radical (unpaired) electrons. The lowest BCUT2D eigenvalue weighted by Gasteiger charge is -1.97. The molecule has 1 aromatic rings. The van der Waals surface area contributed by atoms with Crippen LogP contribution in [-0.4, -0.2) is 13.1 Å². The van der Waals surface area contributed by atoms with Gasteiger partial charge in [-0.15, -0.1) is 23.7 Å². The van der Waals surface area contributed by atoms with Gasteiger partial charge in [0.2, 0.25) is 0 Å². The SMILES string of the molecule is COC(=O)c1c(N)csc1C.Cl. The third kappa shape index (κ3) is 1.89. The number of nitrogens with two attached hydrogens (primary N) is 1. The summed E-state index contributed by atoms with van der Waals surface area (Å²) >= 11 is 1.45. The van der Waals surface area contributed by atoms with Crippen LogP contribution in [0.2, 0.25) is 0 Å². The molecule has 0 amide bonds. The Balaban J connectivity index is 0.00000121. The van der Waals surface area contributed by atoms with E-state index >= 15 is 0 Å². The Bertz CT molecular complexity index is 265. The average Bonchev–Trinajstić information content (AvgIpc) is 2.30. The Kier molecular flexibility index (Phi) is 4.06. The molecule has 0 bridgehead atoms. The van der Waals surface area contributed by atoms with E-state index in [-0.39, 0.29) is 18.4 Å².